The summed E-state index contributed by atoms with van der Waals surface area (Å²) < 4.78 is 293. The second kappa shape index (κ2) is 14.2. The van der Waals surface area contributed by atoms with Crippen molar-refractivity contribution in [2.24, 2.45) is 0 Å². The molecule has 2 nitrogen and oxygen atoms in total. The highest BCUT2D eigenvalue weighted by Gasteiger charge is 2.35. The number of nitrogens with zero attached hydrogens (tertiary/aromatic N) is 2. The molecule has 0 aliphatic heterocycles. The molecule has 288 valence electrons. The van der Waals surface area contributed by atoms with Crippen molar-refractivity contribution in [1.82, 2.24) is 0 Å². The summed E-state index contributed by atoms with van der Waals surface area (Å²) in [5.41, 5.74) is -18.5. The summed E-state index contributed by atoms with van der Waals surface area (Å²) >= 11 is 0. The first-order chi connectivity index (χ1) is 26.1. The highest BCUT2D eigenvalue weighted by atomic mass is 19.2. The third kappa shape index (κ3) is 5.74. The number of hydrogen-bond donors (Lipinski definition) is 0. The molecule has 0 radical (unpaired) electrons. The Labute approximate surface area is 294 Å². The molecule has 0 aliphatic carbocycles. The van der Waals surface area contributed by atoms with Crippen LogP contribution in [0.5, 0.6) is 0 Å². The van der Waals surface area contributed by atoms with Crippen molar-refractivity contribution >= 4 is 11.1 Å². The van der Waals surface area contributed by atoms with Gasteiger partial charge in [-0.3, -0.25) is 0 Å². The van der Waals surface area contributed by atoms with Gasteiger partial charge in [0.25, 0.3) is 0 Å². The molecule has 0 atom stereocenters. The monoisotopic (exact) mass is 818 g/mol. The maximum Gasteiger partial charge on any atom is 0.200 e. The van der Waals surface area contributed by atoms with Crippen LogP contribution in [0.25, 0.3) is 33.4 Å². The first-order valence-corrected chi connectivity index (χ1v) is 13.9. The fourth-order valence-electron chi connectivity index (χ4n) is 5.26. The van der Waals surface area contributed by atoms with Gasteiger partial charge in [0.15, 0.2) is 93.1 Å². The van der Waals surface area contributed by atoms with Crippen LogP contribution in [0.4, 0.5) is 87.8 Å². The van der Waals surface area contributed by atoms with E-state index in [9.17, 15) is 63.2 Å². The zero-order valence-electron chi connectivity index (χ0n) is 25.6. The Hall–Kier alpha value is -6.58. The molecular formula is C34H2F20N2. The predicted octanol–water partition coefficient (Wildman–Crippen LogP) is 9.25. The second-order valence-corrected chi connectivity index (χ2v) is 10.7. The van der Waals surface area contributed by atoms with Crippen molar-refractivity contribution < 1.29 is 87.8 Å². The summed E-state index contributed by atoms with van der Waals surface area (Å²) in [5, 5.41) is 15.7. The van der Waals surface area contributed by atoms with E-state index in [1.165, 1.54) is 0 Å². The van der Waals surface area contributed by atoms with E-state index in [4.69, 9.17) is 0 Å². The van der Waals surface area contributed by atoms with E-state index in [1.807, 2.05) is 0 Å². The van der Waals surface area contributed by atoms with Gasteiger partial charge in [-0.05, 0) is 23.3 Å². The third-order valence-corrected chi connectivity index (χ3v) is 7.80. The largest absolute Gasteiger partial charge is 0.203 e. The Morgan fingerprint density at radius 1 is 0.286 bits per heavy atom. The molecule has 5 aromatic carbocycles. The van der Waals surface area contributed by atoms with Crippen LogP contribution in [0.15, 0.2) is 12.1 Å². The lowest BCUT2D eigenvalue weighted by Gasteiger charge is -2.16. The molecule has 0 N–H and O–H groups in total. The summed E-state index contributed by atoms with van der Waals surface area (Å²) in [6, 6.07) is 0.401. The van der Waals surface area contributed by atoms with Gasteiger partial charge < -0.3 is 0 Å². The van der Waals surface area contributed by atoms with Gasteiger partial charge in [-0.15, -0.1) is 0 Å². The van der Waals surface area contributed by atoms with Gasteiger partial charge in [-0.2, -0.15) is 10.5 Å². The first-order valence-electron chi connectivity index (χ1n) is 13.9. The van der Waals surface area contributed by atoms with E-state index in [0.717, 1.165) is 0 Å². The fraction of sp³-hybridized carbons (Fsp3) is 0. The van der Waals surface area contributed by atoms with Crippen LogP contribution >= 0.6 is 0 Å². The molecule has 0 spiro atoms. The molecule has 0 aromatic heterocycles. The molecule has 22 heteroatoms. The highest BCUT2D eigenvalue weighted by Crippen LogP contribution is 2.36. The SMILES string of the molecule is N#C/C(c1c(F)c(F)c(F)c(F)c1F)=c1/cc(-c2c(F)c(F)c(F)c(F)c2F)/c(=C(\C#N)c2c(F)c(F)c(F)c(F)c2F)cc1-c1c(F)c(F)c(F)c(F)c1F. The Balaban J connectivity index is 2.33. The van der Waals surface area contributed by atoms with Gasteiger partial charge in [0, 0.05) is 10.4 Å². The first kappa shape index (κ1) is 40.6. The standard InChI is InChI=1S/C34H2F20N2/c35-15-11(16(36)24(44)31(51)23(15)43)7-1-5(9(3-55)13-19(39)27(47)33(53)28(48)20(13)40)8(12-17(37)25(45)32(52)26(46)18(12)38)2-6(7)10(4-56)14-21(41)29(49)34(54)30(50)22(14)42/h1-2H/b9-5+,10-6+. The molecule has 0 unspecified atom stereocenters. The van der Waals surface area contributed by atoms with E-state index in [0.29, 0.717) is 12.1 Å². The van der Waals surface area contributed by atoms with Crippen molar-refractivity contribution in [2.45, 2.75) is 0 Å². The average molecular weight is 818 g/mol. The van der Waals surface area contributed by atoms with E-state index in [1.54, 1.807) is 0 Å². The van der Waals surface area contributed by atoms with Crippen LogP contribution in [0.3, 0.4) is 0 Å². The lowest BCUT2D eigenvalue weighted by atomic mass is 9.88. The molecule has 0 saturated heterocycles. The van der Waals surface area contributed by atoms with Crippen molar-refractivity contribution in [3.05, 3.63) is 150 Å². The zero-order chi connectivity index (χ0) is 42.1. The predicted molar refractivity (Wildman–Crippen MR) is 145 cm³/mol. The number of halogens is 20. The molecule has 0 amide bonds. The van der Waals surface area contributed by atoms with Gasteiger partial charge in [0.2, 0.25) is 23.3 Å². The minimum atomic E-state index is -3.03. The second-order valence-electron chi connectivity index (χ2n) is 10.7. The molecule has 5 rings (SSSR count). The molecule has 0 fully saturated rings. The summed E-state index contributed by atoms with van der Waals surface area (Å²) in [6.07, 6.45) is 0. The lowest BCUT2D eigenvalue weighted by Crippen LogP contribution is -2.24. The fourth-order valence-corrected chi connectivity index (χ4v) is 5.26. The van der Waals surface area contributed by atoms with Crippen molar-refractivity contribution in [1.29, 1.82) is 10.5 Å². The molecule has 5 aromatic rings. The smallest absolute Gasteiger partial charge is 0.200 e. The van der Waals surface area contributed by atoms with Crippen molar-refractivity contribution in [3.8, 4) is 34.4 Å². The van der Waals surface area contributed by atoms with E-state index in [2.05, 4.69) is 0 Å². The average Bonchev–Trinajstić information content (AvgIpc) is 3.18. The van der Waals surface area contributed by atoms with E-state index in [-0.39, 0.29) is 0 Å². The summed E-state index contributed by atoms with van der Waals surface area (Å²) in [4.78, 5) is 0. The van der Waals surface area contributed by atoms with Crippen molar-refractivity contribution in [3.63, 3.8) is 0 Å². The molecular weight excluding hydrogens is 816 g/mol. The molecule has 0 aliphatic rings. The minimum absolute atomic E-state index is 0.499. The highest BCUT2D eigenvalue weighted by molar-refractivity contribution is 5.88. The van der Waals surface area contributed by atoms with Crippen LogP contribution < -0.4 is 10.4 Å². The van der Waals surface area contributed by atoms with Gasteiger partial charge in [-0.1, -0.05) is 0 Å². The normalized spacial score (nSPS) is 12.5. The maximum absolute atomic E-state index is 15.4. The molecule has 0 bridgehead atoms. The zero-order valence-corrected chi connectivity index (χ0v) is 25.6. The number of hydrogen-bond acceptors (Lipinski definition) is 2. The van der Waals surface area contributed by atoms with Crippen LogP contribution in [-0.4, -0.2) is 0 Å². The van der Waals surface area contributed by atoms with Gasteiger partial charge in [0.1, 0.15) is 12.1 Å². The molecule has 56 heavy (non-hydrogen) atoms. The minimum Gasteiger partial charge on any atom is -0.203 e. The van der Waals surface area contributed by atoms with Gasteiger partial charge in [-0.25, -0.2) is 87.8 Å². The third-order valence-electron chi connectivity index (χ3n) is 7.80. The Bertz CT molecular complexity index is 2530. The molecule has 0 saturated carbocycles. The summed E-state index contributed by atoms with van der Waals surface area (Å²) in [6.45, 7) is 0. The lowest BCUT2D eigenvalue weighted by molar-refractivity contribution is 0.376. The number of benzene rings is 5. The summed E-state index contributed by atoms with van der Waals surface area (Å²) in [7, 11) is 0. The maximum atomic E-state index is 15.4. The van der Waals surface area contributed by atoms with Crippen LogP contribution in [0.2, 0.25) is 0 Å². The van der Waals surface area contributed by atoms with Crippen molar-refractivity contribution in [2.75, 3.05) is 0 Å². The molecule has 0 heterocycles. The topological polar surface area (TPSA) is 47.6 Å². The van der Waals surface area contributed by atoms with E-state index >= 15 is 35.1 Å². The Morgan fingerprint density at radius 3 is 0.661 bits per heavy atom. The quantitative estimate of drug-likeness (QED) is 0.103. The van der Waals surface area contributed by atoms with Gasteiger partial charge in [0.05, 0.1) is 33.4 Å². The Kier molecular flexibility index (Phi) is 10.3. The van der Waals surface area contributed by atoms with E-state index < -0.39 is 183 Å². The Morgan fingerprint density at radius 2 is 0.464 bits per heavy atom. The summed E-state index contributed by atoms with van der Waals surface area (Å²) in [5.74, 6) is -59.7. The number of nitriles is 2. The van der Waals surface area contributed by atoms with Crippen LogP contribution in [0, 0.1) is 139 Å². The number of rotatable bonds is 4. The van der Waals surface area contributed by atoms with Gasteiger partial charge >= 0.3 is 0 Å². The van der Waals surface area contributed by atoms with Crippen LogP contribution in [-0.2, 0) is 0 Å². The van der Waals surface area contributed by atoms with Crippen LogP contribution in [0.1, 0.15) is 11.1 Å².